The van der Waals surface area contributed by atoms with Crippen molar-refractivity contribution in [2.75, 3.05) is 11.1 Å². The molecule has 0 bridgehead atoms. The van der Waals surface area contributed by atoms with Crippen molar-refractivity contribution in [1.29, 1.82) is 0 Å². The highest BCUT2D eigenvalue weighted by atomic mass is 16.4. The Kier molecular flexibility index (Phi) is 3.66. The molecule has 4 N–H and O–H groups in total. The van der Waals surface area contributed by atoms with E-state index >= 15 is 0 Å². The molecule has 1 aromatic heterocycles. The molecule has 1 heterocycles. The molecular formula is C14H16N4O3. The minimum absolute atomic E-state index is 0.0687. The van der Waals surface area contributed by atoms with Crippen LogP contribution < -0.4 is 11.1 Å². The number of anilines is 2. The molecule has 0 aliphatic carbocycles. The van der Waals surface area contributed by atoms with Crippen LogP contribution in [0.25, 0.3) is 0 Å². The first-order valence-corrected chi connectivity index (χ1v) is 6.25. The van der Waals surface area contributed by atoms with Gasteiger partial charge in [0.05, 0.1) is 28.2 Å². The largest absolute Gasteiger partial charge is 0.478 e. The van der Waals surface area contributed by atoms with E-state index in [0.29, 0.717) is 16.9 Å². The second-order valence-electron chi connectivity index (χ2n) is 4.73. The van der Waals surface area contributed by atoms with Crippen molar-refractivity contribution in [3.63, 3.8) is 0 Å². The molecule has 0 unspecified atom stereocenters. The predicted octanol–water partition coefficient (Wildman–Crippen LogP) is 1.57. The maximum atomic E-state index is 12.3. The molecule has 0 fully saturated rings. The molecule has 0 aliphatic heterocycles. The molecule has 0 aliphatic rings. The van der Waals surface area contributed by atoms with Gasteiger partial charge in [0.1, 0.15) is 0 Å². The number of aromatic carboxylic acids is 1. The van der Waals surface area contributed by atoms with Crippen LogP contribution in [-0.2, 0) is 7.05 Å². The molecule has 0 atom stereocenters. The maximum absolute atomic E-state index is 12.3. The zero-order valence-corrected chi connectivity index (χ0v) is 12.0. The van der Waals surface area contributed by atoms with Crippen LogP contribution in [0.5, 0.6) is 0 Å². The van der Waals surface area contributed by atoms with Gasteiger partial charge in [0, 0.05) is 12.7 Å². The van der Waals surface area contributed by atoms with Crippen molar-refractivity contribution in [3.05, 3.63) is 40.7 Å². The SMILES string of the molecule is Cc1nn(C)c(C)c1C(=O)Nc1ccc(C(=O)O)cc1N. The zero-order chi connectivity index (χ0) is 15.7. The van der Waals surface area contributed by atoms with Gasteiger partial charge >= 0.3 is 5.97 Å². The van der Waals surface area contributed by atoms with Gasteiger partial charge in [0.2, 0.25) is 0 Å². The molecule has 1 aromatic carbocycles. The number of aryl methyl sites for hydroxylation is 2. The lowest BCUT2D eigenvalue weighted by atomic mass is 10.1. The van der Waals surface area contributed by atoms with Gasteiger partial charge in [-0.25, -0.2) is 4.79 Å². The molecular weight excluding hydrogens is 272 g/mol. The Labute approximate surface area is 121 Å². The number of nitrogen functional groups attached to an aromatic ring is 1. The Morgan fingerprint density at radius 3 is 2.48 bits per heavy atom. The van der Waals surface area contributed by atoms with Crippen LogP contribution in [0.1, 0.15) is 32.1 Å². The molecule has 7 nitrogen and oxygen atoms in total. The van der Waals surface area contributed by atoms with Gasteiger partial charge in [-0.05, 0) is 32.0 Å². The van der Waals surface area contributed by atoms with Gasteiger partial charge in [0.25, 0.3) is 5.91 Å². The van der Waals surface area contributed by atoms with Crippen molar-refractivity contribution in [3.8, 4) is 0 Å². The Balaban J connectivity index is 2.30. The molecule has 110 valence electrons. The van der Waals surface area contributed by atoms with E-state index in [0.717, 1.165) is 5.69 Å². The van der Waals surface area contributed by atoms with Gasteiger partial charge in [-0.15, -0.1) is 0 Å². The highest BCUT2D eigenvalue weighted by Gasteiger charge is 2.18. The standard InChI is InChI=1S/C14H16N4O3/c1-7-12(8(2)18(3)17-7)13(19)16-11-5-4-9(14(20)21)6-10(11)15/h4-6H,15H2,1-3H3,(H,16,19)(H,20,21). The number of carbonyl (C=O) groups excluding carboxylic acids is 1. The number of nitrogens with zero attached hydrogens (tertiary/aromatic N) is 2. The van der Waals surface area contributed by atoms with Crippen molar-refractivity contribution in [2.24, 2.45) is 7.05 Å². The van der Waals surface area contributed by atoms with E-state index in [1.165, 1.54) is 18.2 Å². The first-order valence-electron chi connectivity index (χ1n) is 6.25. The van der Waals surface area contributed by atoms with Crippen molar-refractivity contribution >= 4 is 23.3 Å². The number of rotatable bonds is 3. The van der Waals surface area contributed by atoms with Gasteiger partial charge in [0.15, 0.2) is 0 Å². The normalized spacial score (nSPS) is 10.4. The average molecular weight is 288 g/mol. The highest BCUT2D eigenvalue weighted by molar-refractivity contribution is 6.07. The molecule has 0 saturated carbocycles. The van der Waals surface area contributed by atoms with Gasteiger partial charge in [-0.1, -0.05) is 0 Å². The number of carboxylic acids is 1. The second-order valence-corrected chi connectivity index (χ2v) is 4.73. The Hall–Kier alpha value is -2.83. The molecule has 21 heavy (non-hydrogen) atoms. The van der Waals surface area contributed by atoms with Crippen LogP contribution in [0, 0.1) is 13.8 Å². The maximum Gasteiger partial charge on any atom is 0.335 e. The fraction of sp³-hybridized carbons (Fsp3) is 0.214. The summed E-state index contributed by atoms with van der Waals surface area (Å²) in [5.74, 6) is -1.40. The van der Waals surface area contributed by atoms with Crippen LogP contribution in [0.3, 0.4) is 0 Å². The van der Waals surface area contributed by atoms with Crippen LogP contribution in [-0.4, -0.2) is 26.8 Å². The summed E-state index contributed by atoms with van der Waals surface area (Å²) < 4.78 is 1.63. The summed E-state index contributed by atoms with van der Waals surface area (Å²) in [5, 5.41) is 15.7. The molecule has 0 saturated heterocycles. The van der Waals surface area contributed by atoms with Crippen LogP contribution >= 0.6 is 0 Å². The topological polar surface area (TPSA) is 110 Å². The molecule has 0 spiro atoms. The summed E-state index contributed by atoms with van der Waals surface area (Å²) in [5.41, 5.74) is 8.25. The van der Waals surface area contributed by atoms with Crippen molar-refractivity contribution in [2.45, 2.75) is 13.8 Å². The zero-order valence-electron chi connectivity index (χ0n) is 12.0. The van der Waals surface area contributed by atoms with E-state index in [9.17, 15) is 9.59 Å². The van der Waals surface area contributed by atoms with Crippen LogP contribution in [0.15, 0.2) is 18.2 Å². The Morgan fingerprint density at radius 2 is 2.00 bits per heavy atom. The van der Waals surface area contributed by atoms with E-state index in [4.69, 9.17) is 10.8 Å². The third-order valence-electron chi connectivity index (χ3n) is 3.28. The lowest BCUT2D eigenvalue weighted by Crippen LogP contribution is -2.15. The van der Waals surface area contributed by atoms with Gasteiger partial charge in [-0.3, -0.25) is 9.48 Å². The Morgan fingerprint density at radius 1 is 1.33 bits per heavy atom. The third kappa shape index (κ3) is 2.71. The number of hydrogen-bond donors (Lipinski definition) is 3. The van der Waals surface area contributed by atoms with E-state index in [1.807, 2.05) is 0 Å². The second kappa shape index (κ2) is 5.28. The van der Waals surface area contributed by atoms with Crippen molar-refractivity contribution in [1.82, 2.24) is 9.78 Å². The minimum atomic E-state index is -1.07. The fourth-order valence-electron chi connectivity index (χ4n) is 2.10. The summed E-state index contributed by atoms with van der Waals surface area (Å²) >= 11 is 0. The van der Waals surface area contributed by atoms with E-state index in [-0.39, 0.29) is 17.2 Å². The van der Waals surface area contributed by atoms with E-state index in [1.54, 1.807) is 25.6 Å². The molecule has 0 radical (unpaired) electrons. The summed E-state index contributed by atoms with van der Waals surface area (Å²) in [4.78, 5) is 23.2. The predicted molar refractivity (Wildman–Crippen MR) is 78.4 cm³/mol. The van der Waals surface area contributed by atoms with Crippen LogP contribution in [0.4, 0.5) is 11.4 Å². The molecule has 2 aromatic rings. The number of nitrogens with two attached hydrogens (primary N) is 1. The number of carbonyl (C=O) groups is 2. The summed E-state index contributed by atoms with van der Waals surface area (Å²) in [6, 6.07) is 4.16. The van der Waals surface area contributed by atoms with Gasteiger partial charge in [-0.2, -0.15) is 5.10 Å². The quantitative estimate of drug-likeness (QED) is 0.742. The summed E-state index contributed by atoms with van der Waals surface area (Å²) in [6.45, 7) is 3.55. The average Bonchev–Trinajstić information content (AvgIpc) is 2.65. The first-order chi connectivity index (χ1) is 9.81. The number of nitrogens with one attached hydrogen (secondary N) is 1. The molecule has 2 rings (SSSR count). The monoisotopic (exact) mass is 288 g/mol. The number of aromatic nitrogens is 2. The van der Waals surface area contributed by atoms with Crippen molar-refractivity contribution < 1.29 is 14.7 Å². The fourth-order valence-corrected chi connectivity index (χ4v) is 2.10. The third-order valence-corrected chi connectivity index (χ3v) is 3.28. The summed E-state index contributed by atoms with van der Waals surface area (Å²) in [7, 11) is 1.76. The number of carboxylic acid groups (broad SMARTS) is 1. The smallest absolute Gasteiger partial charge is 0.335 e. The lowest BCUT2D eigenvalue weighted by Gasteiger charge is -2.09. The van der Waals surface area contributed by atoms with Gasteiger partial charge < -0.3 is 16.2 Å². The minimum Gasteiger partial charge on any atom is -0.478 e. The van der Waals surface area contributed by atoms with E-state index < -0.39 is 5.97 Å². The molecule has 7 heteroatoms. The van der Waals surface area contributed by atoms with Crippen LogP contribution in [0.2, 0.25) is 0 Å². The number of hydrogen-bond acceptors (Lipinski definition) is 4. The summed E-state index contributed by atoms with van der Waals surface area (Å²) in [6.07, 6.45) is 0. The number of benzene rings is 1. The molecule has 1 amide bonds. The number of amides is 1. The Bertz CT molecular complexity index is 734. The lowest BCUT2D eigenvalue weighted by molar-refractivity contribution is 0.0697. The van der Waals surface area contributed by atoms with E-state index in [2.05, 4.69) is 10.4 Å². The highest BCUT2D eigenvalue weighted by Crippen LogP contribution is 2.22. The first kappa shape index (κ1) is 14.6.